The van der Waals surface area contributed by atoms with Crippen LogP contribution in [0.2, 0.25) is 0 Å². The highest BCUT2D eigenvalue weighted by Gasteiger charge is 2.36. The molecule has 0 radical (unpaired) electrons. The number of nitrogens with zero attached hydrogens (tertiary/aromatic N) is 4. The number of ether oxygens (including phenoxy) is 1. The molecule has 1 aliphatic heterocycles. The maximum absolute atomic E-state index is 12.6. The molecule has 2 aromatic rings. The lowest BCUT2D eigenvalue weighted by molar-refractivity contribution is -0.119. The van der Waals surface area contributed by atoms with Crippen molar-refractivity contribution >= 4 is 21.6 Å². The number of carbonyl (C=O) groups excluding carboxylic acids is 1. The van der Waals surface area contributed by atoms with Gasteiger partial charge in [-0.3, -0.25) is 9.36 Å². The number of sulfonamides is 1. The molecule has 2 heterocycles. The van der Waals surface area contributed by atoms with E-state index in [1.165, 1.54) is 24.1 Å². The third-order valence-corrected chi connectivity index (χ3v) is 5.38. The molecule has 1 aliphatic rings. The predicted octanol–water partition coefficient (Wildman–Crippen LogP) is 0.638. The molecule has 9 nitrogen and oxygen atoms in total. The van der Waals surface area contributed by atoms with Gasteiger partial charge in [-0.05, 0) is 31.0 Å². The average Bonchev–Trinajstić information content (AvgIpc) is 3.25. The molecule has 1 saturated heterocycles. The number of hydrogen-bond acceptors (Lipinski definition) is 6. The first-order valence-corrected chi connectivity index (χ1v) is 9.55. The third-order valence-electron chi connectivity index (χ3n) is 4.09. The van der Waals surface area contributed by atoms with Crippen LogP contribution in [0.4, 0.5) is 5.69 Å². The number of nitrogens with one attached hydrogen (secondary N) is 1. The molecule has 134 valence electrons. The summed E-state index contributed by atoms with van der Waals surface area (Å²) in [6.07, 6.45) is 5.34. The van der Waals surface area contributed by atoms with Crippen molar-refractivity contribution in [3.8, 4) is 11.4 Å². The second-order valence-corrected chi connectivity index (χ2v) is 7.71. The van der Waals surface area contributed by atoms with Crippen LogP contribution in [-0.2, 0) is 14.8 Å². The van der Waals surface area contributed by atoms with Crippen molar-refractivity contribution in [2.24, 2.45) is 0 Å². The van der Waals surface area contributed by atoms with Gasteiger partial charge in [0.2, 0.25) is 15.9 Å². The monoisotopic (exact) mass is 365 g/mol. The largest absolute Gasteiger partial charge is 0.495 e. The third kappa shape index (κ3) is 3.64. The van der Waals surface area contributed by atoms with Gasteiger partial charge in [-0.25, -0.2) is 8.42 Å². The quantitative estimate of drug-likeness (QED) is 0.833. The Balaban J connectivity index is 1.86. The number of amides is 1. The lowest BCUT2D eigenvalue weighted by Crippen LogP contribution is -2.42. The van der Waals surface area contributed by atoms with E-state index in [1.807, 2.05) is 0 Å². The van der Waals surface area contributed by atoms with E-state index in [0.29, 0.717) is 30.8 Å². The molecular weight excluding hydrogens is 346 g/mol. The molecule has 0 bridgehead atoms. The van der Waals surface area contributed by atoms with Gasteiger partial charge in [0.1, 0.15) is 24.4 Å². The second-order valence-electron chi connectivity index (χ2n) is 5.77. The van der Waals surface area contributed by atoms with E-state index in [-0.39, 0.29) is 5.91 Å². The zero-order valence-electron chi connectivity index (χ0n) is 13.9. The Hall–Kier alpha value is -2.46. The van der Waals surface area contributed by atoms with Gasteiger partial charge in [-0.2, -0.15) is 4.31 Å². The van der Waals surface area contributed by atoms with Gasteiger partial charge in [0.25, 0.3) is 0 Å². The maximum atomic E-state index is 12.6. The van der Waals surface area contributed by atoms with Crippen molar-refractivity contribution in [1.82, 2.24) is 19.1 Å². The zero-order valence-corrected chi connectivity index (χ0v) is 14.7. The number of hydrogen-bond donors (Lipinski definition) is 1. The van der Waals surface area contributed by atoms with E-state index in [0.717, 1.165) is 11.9 Å². The molecule has 1 atom stereocenters. The summed E-state index contributed by atoms with van der Waals surface area (Å²) in [5.41, 5.74) is 1.20. The predicted molar refractivity (Wildman–Crippen MR) is 91.1 cm³/mol. The van der Waals surface area contributed by atoms with E-state index in [2.05, 4.69) is 15.5 Å². The van der Waals surface area contributed by atoms with Crippen LogP contribution >= 0.6 is 0 Å². The summed E-state index contributed by atoms with van der Waals surface area (Å²) in [6, 6.07) is 4.53. The molecule has 1 aromatic heterocycles. The molecule has 0 saturated carbocycles. The number of anilines is 1. The van der Waals surface area contributed by atoms with E-state index < -0.39 is 16.1 Å². The van der Waals surface area contributed by atoms with E-state index in [9.17, 15) is 13.2 Å². The van der Waals surface area contributed by atoms with Crippen LogP contribution in [-0.4, -0.2) is 59.3 Å². The normalized spacial score (nSPS) is 18.2. The van der Waals surface area contributed by atoms with Crippen molar-refractivity contribution in [3.05, 3.63) is 30.9 Å². The Labute approximate surface area is 145 Å². The highest BCUT2D eigenvalue weighted by Crippen LogP contribution is 2.29. The molecular formula is C15H19N5O4S. The lowest BCUT2D eigenvalue weighted by atomic mass is 10.2. The molecule has 0 unspecified atom stereocenters. The maximum Gasteiger partial charge on any atom is 0.242 e. The fourth-order valence-corrected chi connectivity index (χ4v) is 4.03. The summed E-state index contributed by atoms with van der Waals surface area (Å²) in [7, 11) is -1.93. The topological polar surface area (TPSA) is 106 Å². The fraction of sp³-hybridized carbons (Fsp3) is 0.400. The fourth-order valence-electron chi connectivity index (χ4n) is 2.90. The Kier molecular flexibility index (Phi) is 4.73. The molecule has 1 N–H and O–H groups in total. The Bertz CT molecular complexity index is 866. The summed E-state index contributed by atoms with van der Waals surface area (Å²) in [6.45, 7) is 0.356. The van der Waals surface area contributed by atoms with Crippen LogP contribution in [0.25, 0.3) is 5.69 Å². The number of benzene rings is 1. The minimum absolute atomic E-state index is 0.356. The summed E-state index contributed by atoms with van der Waals surface area (Å²) < 4.78 is 31.9. The molecule has 0 spiro atoms. The standard InChI is InChI=1S/C15H19N5O4S/c1-24-14-6-5-11(19-9-16-17-10-19)8-12(14)18-15(21)13-4-3-7-20(13)25(2,22)23/h5-6,8-10,13H,3-4,7H2,1-2H3,(H,18,21)/t13-/m0/s1. The minimum Gasteiger partial charge on any atom is -0.495 e. The minimum atomic E-state index is -3.43. The van der Waals surface area contributed by atoms with Gasteiger partial charge in [-0.1, -0.05) is 0 Å². The van der Waals surface area contributed by atoms with Crippen molar-refractivity contribution in [2.75, 3.05) is 25.2 Å². The lowest BCUT2D eigenvalue weighted by Gasteiger charge is -2.22. The number of methoxy groups -OCH3 is 1. The Morgan fingerprint density at radius 1 is 1.32 bits per heavy atom. The molecule has 1 fully saturated rings. The van der Waals surface area contributed by atoms with Gasteiger partial charge in [0.15, 0.2) is 0 Å². The van der Waals surface area contributed by atoms with Gasteiger partial charge in [0.05, 0.1) is 24.7 Å². The van der Waals surface area contributed by atoms with Gasteiger partial charge in [0, 0.05) is 6.54 Å². The molecule has 25 heavy (non-hydrogen) atoms. The first-order chi connectivity index (χ1) is 11.9. The number of rotatable bonds is 5. The SMILES string of the molecule is COc1ccc(-n2cnnc2)cc1NC(=O)[C@@H]1CCCN1S(C)(=O)=O. The Morgan fingerprint density at radius 2 is 2.04 bits per heavy atom. The van der Waals surface area contributed by atoms with Crippen molar-refractivity contribution in [3.63, 3.8) is 0 Å². The molecule has 10 heteroatoms. The molecule has 1 aromatic carbocycles. The first-order valence-electron chi connectivity index (χ1n) is 7.71. The highest BCUT2D eigenvalue weighted by molar-refractivity contribution is 7.88. The second kappa shape index (κ2) is 6.81. The summed E-state index contributed by atoms with van der Waals surface area (Å²) >= 11 is 0. The molecule has 0 aliphatic carbocycles. The summed E-state index contributed by atoms with van der Waals surface area (Å²) in [4.78, 5) is 12.6. The zero-order chi connectivity index (χ0) is 18.0. The smallest absolute Gasteiger partial charge is 0.242 e. The Morgan fingerprint density at radius 3 is 2.68 bits per heavy atom. The summed E-state index contributed by atoms with van der Waals surface area (Å²) in [5, 5.41) is 10.3. The first kappa shape index (κ1) is 17.4. The van der Waals surface area contributed by atoms with Crippen LogP contribution in [0, 0.1) is 0 Å². The van der Waals surface area contributed by atoms with E-state index in [1.54, 1.807) is 22.8 Å². The molecule has 1 amide bonds. The van der Waals surface area contributed by atoms with Crippen LogP contribution in [0.3, 0.4) is 0 Å². The highest BCUT2D eigenvalue weighted by atomic mass is 32.2. The number of aromatic nitrogens is 3. The van der Waals surface area contributed by atoms with Crippen LogP contribution in [0.15, 0.2) is 30.9 Å². The molecule has 3 rings (SSSR count). The number of carbonyl (C=O) groups is 1. The summed E-state index contributed by atoms with van der Waals surface area (Å²) in [5.74, 6) is 0.108. The van der Waals surface area contributed by atoms with Crippen LogP contribution < -0.4 is 10.1 Å². The van der Waals surface area contributed by atoms with Crippen molar-refractivity contribution in [2.45, 2.75) is 18.9 Å². The van der Waals surface area contributed by atoms with E-state index in [4.69, 9.17) is 4.74 Å². The van der Waals surface area contributed by atoms with Crippen molar-refractivity contribution < 1.29 is 17.9 Å². The van der Waals surface area contributed by atoms with Crippen LogP contribution in [0.1, 0.15) is 12.8 Å². The average molecular weight is 365 g/mol. The van der Waals surface area contributed by atoms with Gasteiger partial charge in [-0.15, -0.1) is 10.2 Å². The van der Waals surface area contributed by atoms with Gasteiger partial charge >= 0.3 is 0 Å². The van der Waals surface area contributed by atoms with Crippen LogP contribution in [0.5, 0.6) is 5.75 Å². The van der Waals surface area contributed by atoms with Crippen molar-refractivity contribution in [1.29, 1.82) is 0 Å². The van der Waals surface area contributed by atoms with E-state index >= 15 is 0 Å². The van der Waals surface area contributed by atoms with Gasteiger partial charge < -0.3 is 10.1 Å².